The van der Waals surface area contributed by atoms with Crippen LogP contribution in [0.3, 0.4) is 0 Å². The van der Waals surface area contributed by atoms with Gasteiger partial charge in [0, 0.05) is 37.6 Å². The predicted octanol–water partition coefficient (Wildman–Crippen LogP) is 3.90. The number of likely N-dealkylation sites (N-methyl/N-ethyl adjacent to an activating group) is 1. The number of carbonyl (C=O) groups excluding carboxylic acids is 1. The third-order valence-electron chi connectivity index (χ3n) is 5.49. The molecule has 1 amide bonds. The zero-order chi connectivity index (χ0) is 20.1. The molecular weight excluding hydrogens is 370 g/mol. The maximum absolute atomic E-state index is 12.7. The molecule has 1 fully saturated rings. The number of carbonyl (C=O) groups is 1. The summed E-state index contributed by atoms with van der Waals surface area (Å²) in [5, 5.41) is 2.87. The van der Waals surface area contributed by atoms with Crippen molar-refractivity contribution in [3.63, 3.8) is 0 Å². The number of nitrogens with zero attached hydrogens (tertiary/aromatic N) is 3. The number of aryl methyl sites for hydroxylation is 1. The molecular formula is C22H31N3O2S. The van der Waals surface area contributed by atoms with Gasteiger partial charge in [-0.05, 0) is 45.7 Å². The second-order valence-corrected chi connectivity index (χ2v) is 8.82. The van der Waals surface area contributed by atoms with E-state index < -0.39 is 0 Å². The van der Waals surface area contributed by atoms with Crippen LogP contribution in [0.4, 0.5) is 0 Å². The lowest BCUT2D eigenvalue weighted by Gasteiger charge is -2.38. The molecule has 3 rings (SSSR count). The molecule has 0 atom stereocenters. The quantitative estimate of drug-likeness (QED) is 0.706. The molecule has 152 valence electrons. The van der Waals surface area contributed by atoms with Crippen LogP contribution < -0.4 is 4.74 Å². The highest BCUT2D eigenvalue weighted by Gasteiger charge is 2.26. The molecule has 0 unspecified atom stereocenters. The second kappa shape index (κ2) is 9.52. The smallest absolute Gasteiger partial charge is 0.228 e. The van der Waals surface area contributed by atoms with Gasteiger partial charge in [0.2, 0.25) is 5.91 Å². The number of aromatic nitrogens is 1. The van der Waals surface area contributed by atoms with Crippen LogP contribution in [0.5, 0.6) is 5.75 Å². The Bertz CT molecular complexity index is 764. The predicted molar refractivity (Wildman–Crippen MR) is 114 cm³/mol. The zero-order valence-electron chi connectivity index (χ0n) is 17.4. The summed E-state index contributed by atoms with van der Waals surface area (Å²) in [5.74, 6) is 0.991. The standard InChI is InChI=1S/C22H31N3O2S/c1-16(2)25-11-9-19(10-12-25)24(4)22(26)13-18-15-28-21(23-18)14-27-20-7-5-17(3)6-8-20/h5-8,15-16,19H,9-14H2,1-4H3. The average molecular weight is 402 g/mol. The van der Waals surface area contributed by atoms with Gasteiger partial charge in [-0.2, -0.15) is 0 Å². The van der Waals surface area contributed by atoms with Gasteiger partial charge >= 0.3 is 0 Å². The summed E-state index contributed by atoms with van der Waals surface area (Å²) < 4.78 is 5.79. The van der Waals surface area contributed by atoms with Gasteiger partial charge in [0.25, 0.3) is 0 Å². The third-order valence-corrected chi connectivity index (χ3v) is 6.36. The molecule has 1 aromatic carbocycles. The minimum absolute atomic E-state index is 0.152. The number of hydrogen-bond donors (Lipinski definition) is 0. The van der Waals surface area contributed by atoms with Crippen molar-refractivity contribution in [2.24, 2.45) is 0 Å². The lowest BCUT2D eigenvalue weighted by Crippen LogP contribution is -2.47. The van der Waals surface area contributed by atoms with Crippen LogP contribution in [0, 0.1) is 6.92 Å². The van der Waals surface area contributed by atoms with E-state index in [0.29, 0.717) is 25.1 Å². The summed E-state index contributed by atoms with van der Waals surface area (Å²) in [5.41, 5.74) is 2.05. The minimum atomic E-state index is 0.152. The Morgan fingerprint density at radius 2 is 1.96 bits per heavy atom. The highest BCUT2D eigenvalue weighted by atomic mass is 32.1. The minimum Gasteiger partial charge on any atom is -0.486 e. The fourth-order valence-corrected chi connectivity index (χ4v) is 4.25. The fraction of sp³-hybridized carbons (Fsp3) is 0.545. The Hall–Kier alpha value is -1.92. The number of hydrogen-bond acceptors (Lipinski definition) is 5. The molecule has 0 aliphatic carbocycles. The van der Waals surface area contributed by atoms with Gasteiger partial charge in [-0.25, -0.2) is 4.98 Å². The van der Waals surface area contributed by atoms with E-state index in [2.05, 4.69) is 30.7 Å². The lowest BCUT2D eigenvalue weighted by atomic mass is 10.0. The molecule has 2 aromatic rings. The van der Waals surface area contributed by atoms with E-state index in [9.17, 15) is 4.79 Å². The van der Waals surface area contributed by atoms with Crippen molar-refractivity contribution in [3.05, 3.63) is 45.9 Å². The highest BCUT2D eigenvalue weighted by molar-refractivity contribution is 7.09. The number of benzene rings is 1. The van der Waals surface area contributed by atoms with Gasteiger partial charge in [-0.1, -0.05) is 17.7 Å². The Labute approximate surface area is 172 Å². The first kappa shape index (κ1) is 20.8. The molecule has 0 spiro atoms. The molecule has 0 radical (unpaired) electrons. The zero-order valence-corrected chi connectivity index (χ0v) is 18.2. The molecule has 1 aliphatic heterocycles. The number of likely N-dealkylation sites (tertiary alicyclic amines) is 1. The van der Waals surface area contributed by atoms with Gasteiger partial charge in [0.1, 0.15) is 17.4 Å². The van der Waals surface area contributed by atoms with Gasteiger partial charge in [-0.3, -0.25) is 4.79 Å². The van der Waals surface area contributed by atoms with E-state index in [-0.39, 0.29) is 5.91 Å². The van der Waals surface area contributed by atoms with Gasteiger partial charge in [-0.15, -0.1) is 11.3 Å². The van der Waals surface area contributed by atoms with Crippen molar-refractivity contribution in [2.45, 2.75) is 58.7 Å². The Kier molecular flexibility index (Phi) is 7.08. The van der Waals surface area contributed by atoms with Crippen molar-refractivity contribution in [3.8, 4) is 5.75 Å². The molecule has 1 saturated heterocycles. The monoisotopic (exact) mass is 401 g/mol. The summed E-state index contributed by atoms with van der Waals surface area (Å²) >= 11 is 1.55. The van der Waals surface area contributed by atoms with Crippen molar-refractivity contribution >= 4 is 17.2 Å². The number of rotatable bonds is 7. The van der Waals surface area contributed by atoms with E-state index in [1.807, 2.05) is 41.6 Å². The average Bonchev–Trinajstić information content (AvgIpc) is 3.14. The van der Waals surface area contributed by atoms with E-state index in [1.165, 1.54) is 5.56 Å². The number of amides is 1. The molecule has 5 nitrogen and oxygen atoms in total. The Morgan fingerprint density at radius 1 is 1.29 bits per heavy atom. The molecule has 28 heavy (non-hydrogen) atoms. The van der Waals surface area contributed by atoms with E-state index in [1.54, 1.807) is 11.3 Å². The molecule has 1 aliphatic rings. The van der Waals surface area contributed by atoms with Gasteiger partial charge < -0.3 is 14.5 Å². The normalized spacial score (nSPS) is 15.8. The Morgan fingerprint density at radius 3 is 2.61 bits per heavy atom. The van der Waals surface area contributed by atoms with Crippen LogP contribution in [0.2, 0.25) is 0 Å². The molecule has 6 heteroatoms. The van der Waals surface area contributed by atoms with Crippen molar-refractivity contribution in [2.75, 3.05) is 20.1 Å². The van der Waals surface area contributed by atoms with E-state index in [0.717, 1.165) is 42.4 Å². The lowest BCUT2D eigenvalue weighted by molar-refractivity contribution is -0.132. The third kappa shape index (κ3) is 5.55. The summed E-state index contributed by atoms with van der Waals surface area (Å²) in [6.07, 6.45) is 2.46. The van der Waals surface area contributed by atoms with Gasteiger partial charge in [0.05, 0.1) is 12.1 Å². The molecule has 2 heterocycles. The summed E-state index contributed by atoms with van der Waals surface area (Å²) in [6, 6.07) is 8.91. The molecule has 0 N–H and O–H groups in total. The first-order valence-electron chi connectivity index (χ1n) is 10.0. The number of piperidine rings is 1. The maximum atomic E-state index is 12.7. The van der Waals surface area contributed by atoms with Crippen molar-refractivity contribution in [1.82, 2.24) is 14.8 Å². The summed E-state index contributed by atoms with van der Waals surface area (Å²) in [7, 11) is 1.94. The fourth-order valence-electron chi connectivity index (χ4n) is 3.55. The van der Waals surface area contributed by atoms with E-state index >= 15 is 0 Å². The molecule has 0 bridgehead atoms. The SMILES string of the molecule is Cc1ccc(OCc2nc(CC(=O)N(C)C3CCN(C(C)C)CC3)cs2)cc1. The van der Waals surface area contributed by atoms with Crippen molar-refractivity contribution < 1.29 is 9.53 Å². The van der Waals surface area contributed by atoms with Gasteiger partial charge in [0.15, 0.2) is 0 Å². The van der Waals surface area contributed by atoms with Crippen LogP contribution in [0.25, 0.3) is 0 Å². The second-order valence-electron chi connectivity index (χ2n) is 7.88. The van der Waals surface area contributed by atoms with Crippen LogP contribution in [0.15, 0.2) is 29.6 Å². The number of ether oxygens (including phenoxy) is 1. The number of thiazole rings is 1. The topological polar surface area (TPSA) is 45.7 Å². The largest absolute Gasteiger partial charge is 0.486 e. The first-order valence-corrected chi connectivity index (χ1v) is 10.9. The van der Waals surface area contributed by atoms with Crippen LogP contribution >= 0.6 is 11.3 Å². The Balaban J connectivity index is 1.47. The van der Waals surface area contributed by atoms with Crippen molar-refractivity contribution in [1.29, 1.82) is 0 Å². The maximum Gasteiger partial charge on any atom is 0.228 e. The molecule has 1 aromatic heterocycles. The van der Waals surface area contributed by atoms with Crippen LogP contribution in [-0.2, 0) is 17.8 Å². The van der Waals surface area contributed by atoms with Crippen LogP contribution in [-0.4, -0.2) is 52.9 Å². The first-order chi connectivity index (χ1) is 13.4. The molecule has 0 saturated carbocycles. The van der Waals surface area contributed by atoms with Crippen LogP contribution in [0.1, 0.15) is 43.0 Å². The summed E-state index contributed by atoms with van der Waals surface area (Å²) in [4.78, 5) is 21.7. The highest BCUT2D eigenvalue weighted by Crippen LogP contribution is 2.20. The summed E-state index contributed by atoms with van der Waals surface area (Å²) in [6.45, 7) is 9.09. The van der Waals surface area contributed by atoms with E-state index in [4.69, 9.17) is 4.74 Å².